The fourth-order valence-corrected chi connectivity index (χ4v) is 4.36. The van der Waals surface area contributed by atoms with E-state index in [0.717, 1.165) is 19.3 Å². The van der Waals surface area contributed by atoms with Gasteiger partial charge in [-0.15, -0.1) is 0 Å². The maximum atomic E-state index is 13.1. The van der Waals surface area contributed by atoms with Crippen molar-refractivity contribution in [3.8, 4) is 0 Å². The van der Waals surface area contributed by atoms with Gasteiger partial charge in [-0.1, -0.05) is 70.5 Å². The van der Waals surface area contributed by atoms with Gasteiger partial charge in [-0.25, -0.2) is 0 Å². The number of hydrogen-bond donors (Lipinski definition) is 4. The number of amides is 2. The van der Waals surface area contributed by atoms with Crippen LogP contribution in [0.1, 0.15) is 88.4 Å². The molecule has 2 aromatic rings. The van der Waals surface area contributed by atoms with Crippen LogP contribution in [0.25, 0.3) is 0 Å². The zero-order chi connectivity index (χ0) is 27.5. The molecule has 8 heteroatoms. The molecule has 6 N–H and O–H groups in total. The molecule has 37 heavy (non-hydrogen) atoms. The Morgan fingerprint density at radius 2 is 0.919 bits per heavy atom. The number of rotatable bonds is 16. The van der Waals surface area contributed by atoms with Crippen LogP contribution in [0.15, 0.2) is 48.5 Å². The molecule has 2 unspecified atom stereocenters. The minimum Gasteiger partial charge on any atom is -0.366 e. The standard InChI is InChI=1S/C29H40N4O4/c1-18(2)24(26(34)20-12-6-8-14-22(20)28(30)36)32-16-10-5-11-17-33-25(19(3)4)27(35)21-13-7-9-15-23(21)29(31)37/h6-9,12-15,18-19,24-25,32-33H,5,10-11,16-17H2,1-4H3,(H2,30,36)(H2,31,37). The topological polar surface area (TPSA) is 144 Å². The molecule has 0 aliphatic carbocycles. The van der Waals surface area contributed by atoms with Crippen molar-refractivity contribution in [1.82, 2.24) is 10.6 Å². The lowest BCUT2D eigenvalue weighted by Crippen LogP contribution is -2.42. The largest absolute Gasteiger partial charge is 0.366 e. The molecule has 2 rings (SSSR count). The summed E-state index contributed by atoms with van der Waals surface area (Å²) in [4.78, 5) is 49.7. The zero-order valence-corrected chi connectivity index (χ0v) is 22.3. The number of nitrogens with one attached hydrogen (secondary N) is 2. The Kier molecular flexibility index (Phi) is 11.6. The van der Waals surface area contributed by atoms with Crippen molar-refractivity contribution in [2.45, 2.75) is 59.0 Å². The second-order valence-electron chi connectivity index (χ2n) is 9.96. The van der Waals surface area contributed by atoms with Crippen LogP contribution in [0.4, 0.5) is 0 Å². The number of carbonyl (C=O) groups excluding carboxylic acids is 4. The molecule has 0 fully saturated rings. The van der Waals surface area contributed by atoms with E-state index in [4.69, 9.17) is 11.5 Å². The molecule has 8 nitrogen and oxygen atoms in total. The van der Waals surface area contributed by atoms with E-state index in [9.17, 15) is 19.2 Å². The fraction of sp³-hybridized carbons (Fsp3) is 0.448. The van der Waals surface area contributed by atoms with Crippen LogP contribution in [0.5, 0.6) is 0 Å². The van der Waals surface area contributed by atoms with E-state index in [0.29, 0.717) is 24.2 Å². The van der Waals surface area contributed by atoms with E-state index in [-0.39, 0.29) is 34.5 Å². The van der Waals surface area contributed by atoms with Gasteiger partial charge in [0.2, 0.25) is 11.8 Å². The highest BCUT2D eigenvalue weighted by Gasteiger charge is 2.27. The summed E-state index contributed by atoms with van der Waals surface area (Å²) in [6, 6.07) is 12.4. The molecule has 0 heterocycles. The number of benzene rings is 2. The minimum absolute atomic E-state index is 0.0381. The molecule has 2 amide bonds. The maximum Gasteiger partial charge on any atom is 0.249 e. The Labute approximate surface area is 219 Å². The van der Waals surface area contributed by atoms with Crippen molar-refractivity contribution < 1.29 is 19.2 Å². The van der Waals surface area contributed by atoms with Crippen molar-refractivity contribution in [2.24, 2.45) is 23.3 Å². The van der Waals surface area contributed by atoms with Crippen LogP contribution in [0.2, 0.25) is 0 Å². The molecule has 2 aromatic carbocycles. The fourth-order valence-electron chi connectivity index (χ4n) is 4.36. The predicted molar refractivity (Wildman–Crippen MR) is 146 cm³/mol. The van der Waals surface area contributed by atoms with E-state index in [1.807, 2.05) is 27.7 Å². The highest BCUT2D eigenvalue weighted by molar-refractivity contribution is 6.10. The van der Waals surface area contributed by atoms with Crippen LogP contribution in [0.3, 0.4) is 0 Å². The molecular weight excluding hydrogens is 468 g/mol. The third kappa shape index (κ3) is 8.33. The van der Waals surface area contributed by atoms with Gasteiger partial charge in [-0.2, -0.15) is 0 Å². The van der Waals surface area contributed by atoms with Crippen molar-refractivity contribution in [1.29, 1.82) is 0 Å². The van der Waals surface area contributed by atoms with Gasteiger partial charge in [0.15, 0.2) is 11.6 Å². The minimum atomic E-state index is -0.616. The molecule has 0 aliphatic rings. The summed E-state index contributed by atoms with van der Waals surface area (Å²) >= 11 is 0. The summed E-state index contributed by atoms with van der Waals surface area (Å²) in [5.74, 6) is -1.43. The van der Waals surface area contributed by atoms with Crippen molar-refractivity contribution in [3.05, 3.63) is 70.8 Å². The zero-order valence-electron chi connectivity index (χ0n) is 22.3. The SMILES string of the molecule is CC(C)C(NCCCCCNC(C(=O)c1ccccc1C(N)=O)C(C)C)C(=O)c1ccccc1C(N)=O. The van der Waals surface area contributed by atoms with E-state index < -0.39 is 23.9 Å². The molecule has 0 saturated heterocycles. The van der Waals surface area contributed by atoms with Crippen LogP contribution in [-0.2, 0) is 0 Å². The normalized spacial score (nSPS) is 12.9. The average molecular weight is 509 g/mol. The Balaban J connectivity index is 1.86. The summed E-state index contributed by atoms with van der Waals surface area (Å²) < 4.78 is 0. The number of Topliss-reactive ketones (excluding diaryl/α,β-unsaturated/α-hetero) is 2. The Morgan fingerprint density at radius 1 is 0.595 bits per heavy atom. The highest BCUT2D eigenvalue weighted by Crippen LogP contribution is 2.17. The smallest absolute Gasteiger partial charge is 0.249 e. The number of hydrogen-bond acceptors (Lipinski definition) is 6. The maximum absolute atomic E-state index is 13.1. The quantitative estimate of drug-likeness (QED) is 0.202. The van der Waals surface area contributed by atoms with Crippen molar-refractivity contribution in [3.63, 3.8) is 0 Å². The highest BCUT2D eigenvalue weighted by atomic mass is 16.2. The Hall–Kier alpha value is -3.36. The van der Waals surface area contributed by atoms with Crippen LogP contribution >= 0.6 is 0 Å². The number of primary amides is 2. The lowest BCUT2D eigenvalue weighted by atomic mass is 9.91. The monoisotopic (exact) mass is 508 g/mol. The van der Waals surface area contributed by atoms with Gasteiger partial charge in [0.25, 0.3) is 0 Å². The van der Waals surface area contributed by atoms with Crippen molar-refractivity contribution >= 4 is 23.4 Å². The molecule has 2 atom stereocenters. The van der Waals surface area contributed by atoms with Crippen molar-refractivity contribution in [2.75, 3.05) is 13.1 Å². The van der Waals surface area contributed by atoms with Crippen LogP contribution < -0.4 is 22.1 Å². The van der Waals surface area contributed by atoms with Gasteiger partial charge in [0, 0.05) is 22.3 Å². The van der Waals surface area contributed by atoms with E-state index in [1.165, 1.54) is 0 Å². The van der Waals surface area contributed by atoms with Gasteiger partial charge < -0.3 is 22.1 Å². The second kappa shape index (κ2) is 14.4. The first-order valence-corrected chi connectivity index (χ1v) is 12.9. The summed E-state index contributed by atoms with van der Waals surface area (Å²) in [5.41, 5.74) is 12.1. The van der Waals surface area contributed by atoms with Gasteiger partial charge in [-0.05, 0) is 49.9 Å². The molecule has 0 radical (unpaired) electrons. The van der Waals surface area contributed by atoms with Crippen LogP contribution in [0, 0.1) is 11.8 Å². The molecule has 0 spiro atoms. The molecule has 0 aliphatic heterocycles. The van der Waals surface area contributed by atoms with Gasteiger partial charge >= 0.3 is 0 Å². The lowest BCUT2D eigenvalue weighted by Gasteiger charge is -2.23. The number of nitrogens with two attached hydrogens (primary N) is 2. The Bertz CT molecular complexity index is 1010. The third-order valence-electron chi connectivity index (χ3n) is 6.40. The first-order chi connectivity index (χ1) is 17.6. The number of ketones is 2. The van der Waals surface area contributed by atoms with E-state index in [2.05, 4.69) is 10.6 Å². The molecule has 200 valence electrons. The predicted octanol–water partition coefficient (Wildman–Crippen LogP) is 3.35. The summed E-state index contributed by atoms with van der Waals surface area (Å²) in [5, 5.41) is 6.68. The third-order valence-corrected chi connectivity index (χ3v) is 6.40. The molecular formula is C29H40N4O4. The van der Waals surface area contributed by atoms with Gasteiger partial charge in [0.1, 0.15) is 0 Å². The van der Waals surface area contributed by atoms with E-state index in [1.54, 1.807) is 48.5 Å². The summed E-state index contributed by atoms with van der Waals surface area (Å²) in [7, 11) is 0. The summed E-state index contributed by atoms with van der Waals surface area (Å²) in [6.07, 6.45) is 2.59. The lowest BCUT2D eigenvalue weighted by molar-refractivity contribution is 0.0903. The van der Waals surface area contributed by atoms with E-state index >= 15 is 0 Å². The van der Waals surface area contributed by atoms with Gasteiger partial charge in [0.05, 0.1) is 12.1 Å². The second-order valence-corrected chi connectivity index (χ2v) is 9.96. The average Bonchev–Trinajstić information content (AvgIpc) is 2.86. The molecule has 0 aromatic heterocycles. The Morgan fingerprint density at radius 3 is 1.22 bits per heavy atom. The van der Waals surface area contributed by atoms with Gasteiger partial charge in [-0.3, -0.25) is 19.2 Å². The van der Waals surface area contributed by atoms with Crippen LogP contribution in [-0.4, -0.2) is 48.6 Å². The number of unbranched alkanes of at least 4 members (excludes halogenated alkanes) is 2. The first-order valence-electron chi connectivity index (χ1n) is 12.9. The summed E-state index contributed by atoms with van der Waals surface area (Å²) in [6.45, 7) is 9.15. The molecule has 0 saturated carbocycles. The first kappa shape index (κ1) is 29.9. The molecule has 0 bridgehead atoms. The number of carbonyl (C=O) groups is 4.